The van der Waals surface area contributed by atoms with E-state index in [1.54, 1.807) is 37.4 Å². The zero-order valence-electron chi connectivity index (χ0n) is 17.5. The van der Waals surface area contributed by atoms with E-state index in [4.69, 9.17) is 0 Å². The fraction of sp³-hybridized carbons (Fsp3) is 0.182. The van der Waals surface area contributed by atoms with E-state index >= 15 is 0 Å². The van der Waals surface area contributed by atoms with Crippen LogP contribution in [0.4, 0.5) is 10.1 Å². The van der Waals surface area contributed by atoms with Crippen molar-refractivity contribution in [3.05, 3.63) is 84.1 Å². The molecule has 0 radical (unpaired) electrons. The molecule has 1 aromatic carbocycles. The molecule has 3 aromatic heterocycles. The number of hydrogen-bond acceptors (Lipinski definition) is 7. The van der Waals surface area contributed by atoms with Crippen LogP contribution in [0.15, 0.2) is 61.2 Å². The molecular weight excluding hydrogens is 411 g/mol. The zero-order chi connectivity index (χ0) is 22.5. The molecule has 0 aliphatic rings. The predicted molar refractivity (Wildman–Crippen MR) is 116 cm³/mol. The Labute approximate surface area is 183 Å². The van der Waals surface area contributed by atoms with Gasteiger partial charge in [-0.1, -0.05) is 6.07 Å². The molecule has 1 amide bonds. The van der Waals surface area contributed by atoms with Gasteiger partial charge in [-0.2, -0.15) is 0 Å². The lowest BCUT2D eigenvalue weighted by Gasteiger charge is -2.14. The Morgan fingerprint density at radius 2 is 2.00 bits per heavy atom. The fourth-order valence-electron chi connectivity index (χ4n) is 3.18. The van der Waals surface area contributed by atoms with E-state index in [9.17, 15) is 9.18 Å². The first-order chi connectivity index (χ1) is 15.5. The number of hydrogen-bond donors (Lipinski definition) is 2. The van der Waals surface area contributed by atoms with Gasteiger partial charge < -0.3 is 15.2 Å². The second-order valence-electron chi connectivity index (χ2n) is 7.09. The Morgan fingerprint density at radius 3 is 2.78 bits per heavy atom. The third-order valence-electron chi connectivity index (χ3n) is 4.90. The van der Waals surface area contributed by atoms with E-state index in [1.165, 1.54) is 24.7 Å². The first-order valence-electron chi connectivity index (χ1n) is 9.93. The second-order valence-corrected chi connectivity index (χ2v) is 7.09. The Morgan fingerprint density at radius 1 is 1.12 bits per heavy atom. The molecule has 0 unspecified atom stereocenters. The summed E-state index contributed by atoms with van der Waals surface area (Å²) in [5.41, 5.74) is 2.05. The molecule has 0 fully saturated rings. The summed E-state index contributed by atoms with van der Waals surface area (Å²) in [6.07, 6.45) is 4.60. The zero-order valence-corrected chi connectivity index (χ0v) is 17.5. The maximum absolute atomic E-state index is 13.9. The number of carbonyl (C=O) groups is 1. The minimum Gasteiger partial charge on any atom is -0.378 e. The Balaban J connectivity index is 1.42. The van der Waals surface area contributed by atoms with Crippen molar-refractivity contribution in [3.8, 4) is 11.5 Å². The largest absolute Gasteiger partial charge is 0.378 e. The van der Waals surface area contributed by atoms with E-state index in [1.807, 2.05) is 17.7 Å². The minimum atomic E-state index is -0.570. The molecule has 0 aliphatic heterocycles. The summed E-state index contributed by atoms with van der Waals surface area (Å²) >= 11 is 0. The lowest BCUT2D eigenvalue weighted by molar-refractivity contribution is 0.0938. The second kappa shape index (κ2) is 9.29. The lowest BCUT2D eigenvalue weighted by atomic mass is 10.1. The van der Waals surface area contributed by atoms with Crippen molar-refractivity contribution in [2.45, 2.75) is 19.5 Å². The normalized spacial score (nSPS) is 11.7. The van der Waals surface area contributed by atoms with Gasteiger partial charge >= 0.3 is 0 Å². The number of nitrogens with zero attached hydrogens (tertiary/aromatic N) is 6. The molecule has 3 heterocycles. The van der Waals surface area contributed by atoms with Crippen LogP contribution in [0.2, 0.25) is 0 Å². The van der Waals surface area contributed by atoms with Gasteiger partial charge in [0.25, 0.3) is 5.91 Å². The standard InChI is InChI=1S/C22H21FN8O/c1-14(20-17(23)7-4-9-25-20)28-22(32)15-5-3-6-16(11-15)26-12-19-29-30-21(31(19)2)18-8-10-24-13-27-18/h3-11,13-14,26H,12H2,1-2H3,(H,28,32)/t14-/m0/s1. The summed E-state index contributed by atoms with van der Waals surface area (Å²) in [4.78, 5) is 24.8. The van der Waals surface area contributed by atoms with E-state index < -0.39 is 11.9 Å². The maximum Gasteiger partial charge on any atom is 0.251 e. The van der Waals surface area contributed by atoms with Crippen LogP contribution in [0.5, 0.6) is 0 Å². The molecular formula is C22H21FN8O. The summed E-state index contributed by atoms with van der Waals surface area (Å²) in [7, 11) is 1.86. The highest BCUT2D eigenvalue weighted by Gasteiger charge is 2.16. The highest BCUT2D eigenvalue weighted by atomic mass is 19.1. The maximum atomic E-state index is 13.9. The Hall–Kier alpha value is -4.21. The first kappa shape index (κ1) is 21.0. The number of anilines is 1. The first-order valence-corrected chi connectivity index (χ1v) is 9.93. The highest BCUT2D eigenvalue weighted by Crippen LogP contribution is 2.17. The monoisotopic (exact) mass is 432 g/mol. The summed E-state index contributed by atoms with van der Waals surface area (Å²) in [5.74, 6) is 0.553. The van der Waals surface area contributed by atoms with Gasteiger partial charge in [-0.3, -0.25) is 9.78 Å². The average molecular weight is 432 g/mol. The molecule has 10 heteroatoms. The van der Waals surface area contributed by atoms with E-state index in [-0.39, 0.29) is 11.6 Å². The molecule has 1 atom stereocenters. The van der Waals surface area contributed by atoms with Crippen LogP contribution < -0.4 is 10.6 Å². The third-order valence-corrected chi connectivity index (χ3v) is 4.90. The average Bonchev–Trinajstić information content (AvgIpc) is 3.19. The van der Waals surface area contributed by atoms with Crippen LogP contribution in [0.25, 0.3) is 11.5 Å². The van der Waals surface area contributed by atoms with Crippen molar-refractivity contribution in [3.63, 3.8) is 0 Å². The van der Waals surface area contributed by atoms with Crippen molar-refractivity contribution in [1.29, 1.82) is 0 Å². The van der Waals surface area contributed by atoms with Crippen molar-refractivity contribution in [2.24, 2.45) is 7.05 Å². The molecule has 32 heavy (non-hydrogen) atoms. The van der Waals surface area contributed by atoms with Crippen molar-refractivity contribution in [1.82, 2.24) is 35.0 Å². The van der Waals surface area contributed by atoms with Crippen molar-refractivity contribution in [2.75, 3.05) is 5.32 Å². The number of halogens is 1. The van der Waals surface area contributed by atoms with Gasteiger partial charge in [0, 0.05) is 30.7 Å². The summed E-state index contributed by atoms with van der Waals surface area (Å²) < 4.78 is 15.8. The van der Waals surface area contributed by atoms with Crippen molar-refractivity contribution < 1.29 is 9.18 Å². The number of aromatic nitrogens is 6. The van der Waals surface area contributed by atoms with Gasteiger partial charge in [0.05, 0.1) is 18.3 Å². The van der Waals surface area contributed by atoms with Crippen LogP contribution in [0.1, 0.15) is 34.8 Å². The van der Waals surface area contributed by atoms with Crippen LogP contribution in [0, 0.1) is 5.82 Å². The topological polar surface area (TPSA) is 111 Å². The minimum absolute atomic E-state index is 0.192. The highest BCUT2D eigenvalue weighted by molar-refractivity contribution is 5.95. The van der Waals surface area contributed by atoms with Crippen molar-refractivity contribution >= 4 is 11.6 Å². The molecule has 0 aliphatic carbocycles. The molecule has 0 bridgehead atoms. The summed E-state index contributed by atoms with van der Waals surface area (Å²) in [5, 5.41) is 14.4. The number of amides is 1. The Bertz CT molecular complexity index is 1230. The molecule has 9 nitrogen and oxygen atoms in total. The van der Waals surface area contributed by atoms with Gasteiger partial charge in [0.1, 0.15) is 17.8 Å². The molecule has 0 saturated heterocycles. The summed E-state index contributed by atoms with van der Waals surface area (Å²) in [6, 6.07) is 11.1. The van der Waals surface area contributed by atoms with E-state index in [2.05, 4.69) is 35.8 Å². The molecule has 0 saturated carbocycles. The number of nitrogens with one attached hydrogen (secondary N) is 2. The molecule has 4 rings (SSSR count). The molecule has 0 spiro atoms. The summed E-state index contributed by atoms with van der Waals surface area (Å²) in [6.45, 7) is 2.09. The molecule has 4 aromatic rings. The number of benzene rings is 1. The van der Waals surface area contributed by atoms with E-state index in [0.717, 1.165) is 5.69 Å². The predicted octanol–water partition coefficient (Wildman–Crippen LogP) is 2.91. The molecule has 162 valence electrons. The van der Waals surface area contributed by atoms with E-state index in [0.29, 0.717) is 29.5 Å². The fourth-order valence-corrected chi connectivity index (χ4v) is 3.18. The SMILES string of the molecule is C[C@H](NC(=O)c1cccc(NCc2nnc(-c3ccncn3)n2C)c1)c1ncccc1F. The third kappa shape index (κ3) is 4.59. The van der Waals surface area contributed by atoms with Crippen LogP contribution in [0.3, 0.4) is 0 Å². The van der Waals surface area contributed by atoms with Gasteiger partial charge in [0.2, 0.25) is 0 Å². The van der Waals surface area contributed by atoms with Gasteiger partial charge in [-0.15, -0.1) is 10.2 Å². The van der Waals surface area contributed by atoms with Gasteiger partial charge in [0.15, 0.2) is 11.6 Å². The quantitative estimate of drug-likeness (QED) is 0.462. The number of carbonyl (C=O) groups excluding carboxylic acids is 1. The molecule has 2 N–H and O–H groups in total. The van der Waals surface area contributed by atoms with Crippen LogP contribution in [-0.4, -0.2) is 35.6 Å². The van der Waals surface area contributed by atoms with Gasteiger partial charge in [-0.05, 0) is 43.3 Å². The Kier molecular flexibility index (Phi) is 6.11. The van der Waals surface area contributed by atoms with Crippen LogP contribution >= 0.6 is 0 Å². The smallest absolute Gasteiger partial charge is 0.251 e. The lowest BCUT2D eigenvalue weighted by Crippen LogP contribution is -2.28. The van der Waals surface area contributed by atoms with Gasteiger partial charge in [-0.25, -0.2) is 14.4 Å². The van der Waals surface area contributed by atoms with Crippen LogP contribution in [-0.2, 0) is 13.6 Å². The number of rotatable bonds is 7. The number of pyridine rings is 1.